The van der Waals surface area contributed by atoms with Crippen LogP contribution in [0.1, 0.15) is 19.4 Å². The molecule has 150 valence electrons. The Hall–Kier alpha value is -2.55. The van der Waals surface area contributed by atoms with Crippen molar-refractivity contribution in [3.63, 3.8) is 0 Å². The van der Waals surface area contributed by atoms with Gasteiger partial charge in [-0.25, -0.2) is 4.39 Å². The van der Waals surface area contributed by atoms with E-state index in [1.54, 1.807) is 36.4 Å². The molecular formula is C22H18Cl2FNO3. The predicted molar refractivity (Wildman–Crippen MR) is 107 cm³/mol. The van der Waals surface area contributed by atoms with Crippen molar-refractivity contribution in [1.29, 1.82) is 5.26 Å². The van der Waals surface area contributed by atoms with Crippen LogP contribution in [0.2, 0.25) is 0 Å². The van der Waals surface area contributed by atoms with Gasteiger partial charge in [0.15, 0.2) is 6.07 Å². The average Bonchev–Trinajstić information content (AvgIpc) is 3.22. The maximum absolute atomic E-state index is 13.2. The number of hydrogen-bond donors (Lipinski definition) is 0. The highest BCUT2D eigenvalue weighted by molar-refractivity contribution is 6.55. The lowest BCUT2D eigenvalue weighted by Gasteiger charge is -2.28. The summed E-state index contributed by atoms with van der Waals surface area (Å²) in [7, 11) is 0. The number of esters is 1. The molecule has 29 heavy (non-hydrogen) atoms. The predicted octanol–water partition coefficient (Wildman–Crippen LogP) is 5.72. The average molecular weight is 434 g/mol. The Kier molecular flexibility index (Phi) is 5.88. The van der Waals surface area contributed by atoms with Gasteiger partial charge in [0.25, 0.3) is 0 Å². The first kappa shape index (κ1) is 21.2. The third-order valence-electron chi connectivity index (χ3n) is 5.09. The van der Waals surface area contributed by atoms with Crippen LogP contribution in [0.15, 0.2) is 65.2 Å². The minimum atomic E-state index is -2.03. The Balaban J connectivity index is 1.94. The van der Waals surface area contributed by atoms with Crippen molar-refractivity contribution in [2.24, 2.45) is 17.3 Å². The van der Waals surface area contributed by atoms with Gasteiger partial charge in [0.1, 0.15) is 16.1 Å². The fraction of sp³-hybridized carbons (Fsp3) is 0.273. The molecule has 7 heteroatoms. The van der Waals surface area contributed by atoms with Crippen molar-refractivity contribution < 1.29 is 18.7 Å². The molecule has 3 atom stereocenters. The molecule has 1 aliphatic rings. The number of carbonyl (C=O) groups excluding carboxylic acids is 1. The second-order valence-corrected chi connectivity index (χ2v) is 8.36. The van der Waals surface area contributed by atoms with Crippen LogP contribution < -0.4 is 4.74 Å². The van der Waals surface area contributed by atoms with Gasteiger partial charge in [-0.05, 0) is 41.7 Å². The van der Waals surface area contributed by atoms with Gasteiger partial charge in [-0.2, -0.15) is 5.26 Å². The Morgan fingerprint density at radius 3 is 2.34 bits per heavy atom. The summed E-state index contributed by atoms with van der Waals surface area (Å²) in [6.07, 6.45) is 1.59. The summed E-state index contributed by atoms with van der Waals surface area (Å²) in [5, 5.41) is 9.96. The first-order valence-corrected chi connectivity index (χ1v) is 9.62. The van der Waals surface area contributed by atoms with E-state index in [4.69, 9.17) is 32.7 Å². The zero-order valence-electron chi connectivity index (χ0n) is 15.7. The third-order valence-corrected chi connectivity index (χ3v) is 5.34. The summed E-state index contributed by atoms with van der Waals surface area (Å²) < 4.78 is 24.7. The summed E-state index contributed by atoms with van der Waals surface area (Å²) in [5.74, 6) is -3.68. The molecule has 4 nitrogen and oxygen atoms in total. The van der Waals surface area contributed by atoms with E-state index >= 15 is 0 Å². The van der Waals surface area contributed by atoms with Crippen molar-refractivity contribution in [2.45, 2.75) is 19.6 Å². The molecule has 0 amide bonds. The molecule has 0 radical (unpaired) electrons. The molecule has 0 unspecified atom stereocenters. The largest absolute Gasteiger partial charge is 0.437 e. The second-order valence-electron chi connectivity index (χ2n) is 7.35. The molecular weight excluding hydrogens is 416 g/mol. The fourth-order valence-corrected chi connectivity index (χ4v) is 3.63. The van der Waals surface area contributed by atoms with E-state index in [9.17, 15) is 14.4 Å². The lowest BCUT2D eigenvalue weighted by molar-refractivity contribution is -0.186. The smallest absolute Gasteiger partial charge is 0.372 e. The topological polar surface area (TPSA) is 59.3 Å². The standard InChI is InChI=1S/C22H18Cl2FNO3/c1-21(2)17(12-18(23)24)19(21)20(27)29-22(13-26,14-6-4-3-5-7-14)28-16-10-8-15(25)9-11-16/h3-12,17,19H,1-2H3/t17-,19-,22+/m0/s1. The van der Waals surface area contributed by atoms with Crippen molar-refractivity contribution in [2.75, 3.05) is 0 Å². The zero-order chi connectivity index (χ0) is 21.2. The van der Waals surface area contributed by atoms with Crippen LogP contribution in [0.4, 0.5) is 4.39 Å². The van der Waals surface area contributed by atoms with Crippen LogP contribution in [-0.2, 0) is 15.3 Å². The van der Waals surface area contributed by atoms with E-state index in [-0.39, 0.29) is 16.2 Å². The highest BCUT2D eigenvalue weighted by atomic mass is 35.5. The first-order valence-electron chi connectivity index (χ1n) is 8.86. The molecule has 1 fully saturated rings. The monoisotopic (exact) mass is 433 g/mol. The summed E-state index contributed by atoms with van der Waals surface area (Å²) in [6.45, 7) is 3.77. The molecule has 0 aliphatic heterocycles. The Labute approximate surface area is 178 Å². The summed E-state index contributed by atoms with van der Waals surface area (Å²) in [5.41, 5.74) is -0.0963. The van der Waals surface area contributed by atoms with E-state index in [2.05, 4.69) is 0 Å². The summed E-state index contributed by atoms with van der Waals surface area (Å²) in [4.78, 5) is 13.0. The van der Waals surface area contributed by atoms with E-state index in [1.165, 1.54) is 24.3 Å². The van der Waals surface area contributed by atoms with E-state index in [1.807, 2.05) is 19.9 Å². The van der Waals surface area contributed by atoms with E-state index < -0.39 is 28.9 Å². The number of allylic oxidation sites excluding steroid dienone is 1. The maximum atomic E-state index is 13.2. The van der Waals surface area contributed by atoms with Crippen LogP contribution in [0.3, 0.4) is 0 Å². The van der Waals surface area contributed by atoms with Crippen LogP contribution >= 0.6 is 23.2 Å². The molecule has 0 heterocycles. The Morgan fingerprint density at radius 2 is 1.79 bits per heavy atom. The molecule has 2 aromatic carbocycles. The maximum Gasteiger partial charge on any atom is 0.372 e. The van der Waals surface area contributed by atoms with Crippen LogP contribution in [0, 0.1) is 34.4 Å². The van der Waals surface area contributed by atoms with Crippen molar-refractivity contribution in [1.82, 2.24) is 0 Å². The Bertz CT molecular complexity index is 966. The quantitative estimate of drug-likeness (QED) is 0.431. The van der Waals surface area contributed by atoms with Gasteiger partial charge in [0, 0.05) is 0 Å². The molecule has 3 rings (SSSR count). The molecule has 0 spiro atoms. The number of rotatable bonds is 6. The molecule has 0 N–H and O–H groups in total. The van der Waals surface area contributed by atoms with E-state index in [0.717, 1.165) is 0 Å². The minimum Gasteiger partial charge on any atom is -0.437 e. The molecule has 0 saturated heterocycles. The second kappa shape index (κ2) is 8.06. The van der Waals surface area contributed by atoms with E-state index in [0.29, 0.717) is 5.56 Å². The number of nitrogens with zero attached hydrogens (tertiary/aromatic N) is 1. The van der Waals surface area contributed by atoms with Gasteiger partial charge in [-0.3, -0.25) is 4.79 Å². The summed E-state index contributed by atoms with van der Waals surface area (Å²) >= 11 is 11.5. The molecule has 2 aromatic rings. The fourth-order valence-electron chi connectivity index (χ4n) is 3.35. The van der Waals surface area contributed by atoms with Gasteiger partial charge in [0.05, 0.1) is 11.5 Å². The molecule has 1 saturated carbocycles. The lowest BCUT2D eigenvalue weighted by atomic mass is 10.1. The molecule has 1 aliphatic carbocycles. The highest BCUT2D eigenvalue weighted by Gasteiger charge is 2.63. The van der Waals surface area contributed by atoms with Crippen LogP contribution in [0.5, 0.6) is 5.75 Å². The molecule has 0 aromatic heterocycles. The van der Waals surface area contributed by atoms with Gasteiger partial charge < -0.3 is 9.47 Å². The van der Waals surface area contributed by atoms with Crippen LogP contribution in [0.25, 0.3) is 0 Å². The van der Waals surface area contributed by atoms with Crippen molar-refractivity contribution >= 4 is 29.2 Å². The SMILES string of the molecule is CC1(C)[C@H](C(=O)O[C@@](C#N)(Oc2ccc(F)cc2)c2ccccc2)[C@@H]1C=C(Cl)Cl. The highest BCUT2D eigenvalue weighted by Crippen LogP contribution is 2.60. The zero-order valence-corrected chi connectivity index (χ0v) is 17.2. The summed E-state index contributed by atoms with van der Waals surface area (Å²) in [6, 6.07) is 15.5. The van der Waals surface area contributed by atoms with Crippen LogP contribution in [-0.4, -0.2) is 5.97 Å². The van der Waals surface area contributed by atoms with Gasteiger partial charge in [-0.1, -0.05) is 67.4 Å². The van der Waals surface area contributed by atoms with Crippen molar-refractivity contribution in [3.05, 3.63) is 76.5 Å². The normalized spacial score (nSPS) is 21.2. The lowest BCUT2D eigenvalue weighted by Crippen LogP contribution is -2.38. The minimum absolute atomic E-state index is 0.0653. The number of halogens is 3. The van der Waals surface area contributed by atoms with Gasteiger partial charge in [0.2, 0.25) is 0 Å². The number of carbonyl (C=O) groups is 1. The van der Waals surface area contributed by atoms with Crippen molar-refractivity contribution in [3.8, 4) is 11.8 Å². The third kappa shape index (κ3) is 4.39. The Morgan fingerprint density at radius 1 is 1.17 bits per heavy atom. The number of ether oxygens (including phenoxy) is 2. The van der Waals surface area contributed by atoms with Gasteiger partial charge in [-0.15, -0.1) is 0 Å². The first-order chi connectivity index (χ1) is 13.7. The molecule has 0 bridgehead atoms. The number of nitriles is 1. The number of hydrogen-bond acceptors (Lipinski definition) is 4. The number of benzene rings is 2. The van der Waals surface area contributed by atoms with Gasteiger partial charge >= 0.3 is 11.8 Å².